The lowest BCUT2D eigenvalue weighted by Crippen LogP contribution is -1.99. The fourth-order valence-electron chi connectivity index (χ4n) is 3.67. The number of rotatable bonds is 5. The number of aromatic nitrogens is 5. The van der Waals surface area contributed by atoms with Crippen molar-refractivity contribution in [2.45, 2.75) is 13.8 Å². The number of nitrogens with one attached hydrogen (secondary N) is 1. The van der Waals surface area contributed by atoms with Crippen molar-refractivity contribution in [1.29, 1.82) is 0 Å². The Morgan fingerprint density at radius 1 is 1.03 bits per heavy atom. The molecule has 0 bridgehead atoms. The highest BCUT2D eigenvalue weighted by atomic mass is 19.1. The molecule has 0 atom stereocenters. The Hall–Kier alpha value is -4.20. The van der Waals surface area contributed by atoms with Crippen LogP contribution in [0.25, 0.3) is 22.6 Å². The van der Waals surface area contributed by atoms with Gasteiger partial charge in [0.15, 0.2) is 5.65 Å². The summed E-state index contributed by atoms with van der Waals surface area (Å²) in [4.78, 5) is 9.00. The maximum absolute atomic E-state index is 13.8. The van der Waals surface area contributed by atoms with E-state index < -0.39 is 0 Å². The van der Waals surface area contributed by atoms with Crippen LogP contribution in [0, 0.1) is 19.7 Å². The van der Waals surface area contributed by atoms with Gasteiger partial charge in [-0.15, -0.1) is 0 Å². The number of hydrogen-bond donors (Lipinski definition) is 1. The molecule has 32 heavy (non-hydrogen) atoms. The van der Waals surface area contributed by atoms with Gasteiger partial charge in [-0.3, -0.25) is 0 Å². The zero-order chi connectivity index (χ0) is 22.2. The molecule has 0 fully saturated rings. The number of anilines is 2. The van der Waals surface area contributed by atoms with Crippen molar-refractivity contribution in [2.24, 2.45) is 0 Å². The number of ether oxygens (including phenoxy) is 1. The van der Waals surface area contributed by atoms with E-state index in [1.807, 2.05) is 48.9 Å². The topological polar surface area (TPSA) is 69.3 Å². The zero-order valence-corrected chi connectivity index (χ0v) is 17.9. The molecular formula is C24H21FN6O. The maximum atomic E-state index is 13.8. The van der Waals surface area contributed by atoms with Crippen LogP contribution in [-0.4, -0.2) is 31.3 Å². The SMILES string of the molecule is COc1cc(Nc2ccnn3cc(-c4cc(F)ccc4C)nc23)ccc1-n1cnc(C)c1. The summed E-state index contributed by atoms with van der Waals surface area (Å²) >= 11 is 0. The smallest absolute Gasteiger partial charge is 0.177 e. The molecular weight excluding hydrogens is 407 g/mol. The van der Waals surface area contributed by atoms with Crippen LogP contribution in [0.15, 0.2) is 67.4 Å². The minimum Gasteiger partial charge on any atom is -0.494 e. The van der Waals surface area contributed by atoms with Crippen LogP contribution in [0.2, 0.25) is 0 Å². The van der Waals surface area contributed by atoms with Gasteiger partial charge in [0.25, 0.3) is 0 Å². The summed E-state index contributed by atoms with van der Waals surface area (Å²) in [6, 6.07) is 12.4. The summed E-state index contributed by atoms with van der Waals surface area (Å²) in [7, 11) is 1.64. The number of imidazole rings is 2. The fraction of sp³-hybridized carbons (Fsp3) is 0.125. The molecule has 160 valence electrons. The first-order chi connectivity index (χ1) is 15.5. The van der Waals surface area contributed by atoms with Crippen LogP contribution >= 0.6 is 0 Å². The van der Waals surface area contributed by atoms with E-state index in [1.54, 1.807) is 36.4 Å². The highest BCUT2D eigenvalue weighted by Gasteiger charge is 2.13. The molecule has 0 radical (unpaired) electrons. The molecule has 0 saturated heterocycles. The van der Waals surface area contributed by atoms with Crippen molar-refractivity contribution in [1.82, 2.24) is 24.1 Å². The first kappa shape index (κ1) is 19.7. The number of nitrogens with zero attached hydrogens (tertiary/aromatic N) is 5. The standard InChI is InChI=1S/C24H21FN6O/c1-15-4-5-17(25)10-19(15)21-13-31-24(29-21)20(8-9-27-31)28-18-6-7-22(23(11-18)32-3)30-12-16(2)26-14-30/h4-14,28H,1-3H3. The second kappa shape index (κ2) is 7.81. The van der Waals surface area contributed by atoms with Crippen LogP contribution in [0.5, 0.6) is 5.75 Å². The third-order valence-electron chi connectivity index (χ3n) is 5.29. The third kappa shape index (κ3) is 3.56. The average Bonchev–Trinajstić information content (AvgIpc) is 3.42. The van der Waals surface area contributed by atoms with Gasteiger partial charge >= 0.3 is 0 Å². The number of methoxy groups -OCH3 is 1. The van der Waals surface area contributed by atoms with E-state index in [0.717, 1.165) is 33.9 Å². The summed E-state index contributed by atoms with van der Waals surface area (Å²) in [5.41, 5.74) is 6.41. The number of fused-ring (bicyclic) bond motifs is 1. The molecule has 0 aliphatic heterocycles. The molecule has 0 amide bonds. The van der Waals surface area contributed by atoms with Crippen LogP contribution in [0.4, 0.5) is 15.8 Å². The summed E-state index contributed by atoms with van der Waals surface area (Å²) in [6.07, 6.45) is 7.19. The monoisotopic (exact) mass is 428 g/mol. The first-order valence-corrected chi connectivity index (χ1v) is 10.1. The zero-order valence-electron chi connectivity index (χ0n) is 17.9. The van der Waals surface area contributed by atoms with Crippen LogP contribution in [-0.2, 0) is 0 Å². The normalized spacial score (nSPS) is 11.1. The van der Waals surface area contributed by atoms with Gasteiger partial charge in [0.1, 0.15) is 11.6 Å². The van der Waals surface area contributed by atoms with Gasteiger partial charge in [-0.25, -0.2) is 18.9 Å². The molecule has 7 nitrogen and oxygen atoms in total. The van der Waals surface area contributed by atoms with E-state index in [4.69, 9.17) is 9.72 Å². The molecule has 5 aromatic rings. The van der Waals surface area contributed by atoms with Crippen molar-refractivity contribution in [3.05, 3.63) is 84.5 Å². The summed E-state index contributed by atoms with van der Waals surface area (Å²) < 4.78 is 23.0. The van der Waals surface area contributed by atoms with Gasteiger partial charge in [-0.05, 0) is 49.7 Å². The number of aryl methyl sites for hydroxylation is 2. The van der Waals surface area contributed by atoms with Gasteiger partial charge in [0.05, 0.1) is 48.6 Å². The number of benzene rings is 2. The summed E-state index contributed by atoms with van der Waals surface area (Å²) in [6.45, 7) is 3.87. The Balaban J connectivity index is 1.52. The highest BCUT2D eigenvalue weighted by Crippen LogP contribution is 2.31. The highest BCUT2D eigenvalue weighted by molar-refractivity contribution is 5.77. The Morgan fingerprint density at radius 2 is 1.91 bits per heavy atom. The first-order valence-electron chi connectivity index (χ1n) is 10.1. The molecule has 3 aromatic heterocycles. The van der Waals surface area contributed by atoms with Gasteiger partial charge < -0.3 is 14.6 Å². The lowest BCUT2D eigenvalue weighted by atomic mass is 10.1. The van der Waals surface area contributed by atoms with Crippen molar-refractivity contribution in [2.75, 3.05) is 12.4 Å². The van der Waals surface area contributed by atoms with Crippen LogP contribution in [0.1, 0.15) is 11.3 Å². The molecule has 8 heteroatoms. The van der Waals surface area contributed by atoms with Crippen LogP contribution in [0.3, 0.4) is 0 Å². The van der Waals surface area contributed by atoms with E-state index >= 15 is 0 Å². The lowest BCUT2D eigenvalue weighted by Gasteiger charge is -2.13. The molecule has 0 spiro atoms. The van der Waals surface area contributed by atoms with Gasteiger partial charge in [0, 0.05) is 23.5 Å². The molecule has 2 aromatic carbocycles. The molecule has 0 aliphatic carbocycles. The Bertz CT molecular complexity index is 1440. The van der Waals surface area contributed by atoms with E-state index in [-0.39, 0.29) is 5.82 Å². The lowest BCUT2D eigenvalue weighted by molar-refractivity contribution is 0.413. The molecule has 0 unspecified atom stereocenters. The maximum Gasteiger partial charge on any atom is 0.177 e. The number of hydrogen-bond acceptors (Lipinski definition) is 5. The summed E-state index contributed by atoms with van der Waals surface area (Å²) in [5.74, 6) is 0.408. The Morgan fingerprint density at radius 3 is 2.69 bits per heavy atom. The van der Waals surface area contributed by atoms with E-state index in [0.29, 0.717) is 17.1 Å². The molecule has 0 saturated carbocycles. The fourth-order valence-corrected chi connectivity index (χ4v) is 3.67. The summed E-state index contributed by atoms with van der Waals surface area (Å²) in [5, 5.41) is 7.75. The largest absolute Gasteiger partial charge is 0.494 e. The number of halogens is 1. The second-order valence-corrected chi connectivity index (χ2v) is 7.53. The quantitative estimate of drug-likeness (QED) is 0.422. The minimum atomic E-state index is -0.297. The molecule has 5 rings (SSSR count). The molecule has 0 aliphatic rings. The Kier molecular flexibility index (Phi) is 4.82. The predicted molar refractivity (Wildman–Crippen MR) is 121 cm³/mol. The average molecular weight is 428 g/mol. The van der Waals surface area contributed by atoms with Crippen molar-refractivity contribution in [3.8, 4) is 22.7 Å². The van der Waals surface area contributed by atoms with Crippen molar-refractivity contribution in [3.63, 3.8) is 0 Å². The van der Waals surface area contributed by atoms with E-state index in [9.17, 15) is 4.39 Å². The van der Waals surface area contributed by atoms with E-state index in [1.165, 1.54) is 12.1 Å². The molecule has 1 N–H and O–H groups in total. The van der Waals surface area contributed by atoms with Crippen molar-refractivity contribution >= 4 is 17.0 Å². The van der Waals surface area contributed by atoms with E-state index in [2.05, 4.69) is 15.4 Å². The molecule has 3 heterocycles. The third-order valence-corrected chi connectivity index (χ3v) is 5.29. The van der Waals surface area contributed by atoms with Gasteiger partial charge in [-0.1, -0.05) is 6.07 Å². The predicted octanol–water partition coefficient (Wildman–Crippen LogP) is 5.09. The Labute approximate surface area is 184 Å². The van der Waals surface area contributed by atoms with Gasteiger partial charge in [-0.2, -0.15) is 5.10 Å². The van der Waals surface area contributed by atoms with Crippen LogP contribution < -0.4 is 10.1 Å². The van der Waals surface area contributed by atoms with Crippen molar-refractivity contribution < 1.29 is 9.13 Å². The second-order valence-electron chi connectivity index (χ2n) is 7.53. The minimum absolute atomic E-state index is 0.297. The van der Waals surface area contributed by atoms with Gasteiger partial charge in [0.2, 0.25) is 0 Å².